The summed E-state index contributed by atoms with van der Waals surface area (Å²) in [5, 5.41) is 11.5. The number of nitrogens with zero attached hydrogens (tertiary/aromatic N) is 2. The van der Waals surface area contributed by atoms with E-state index in [-0.39, 0.29) is 31.2 Å². The van der Waals surface area contributed by atoms with Gasteiger partial charge in [0.05, 0.1) is 18.7 Å². The van der Waals surface area contributed by atoms with Crippen molar-refractivity contribution in [2.75, 3.05) is 26.3 Å². The molecule has 1 aromatic carbocycles. The summed E-state index contributed by atoms with van der Waals surface area (Å²) in [6, 6.07) is 10.2. The Balaban J connectivity index is 1.44. The van der Waals surface area contributed by atoms with Crippen LogP contribution in [0.25, 0.3) is 0 Å². The molecule has 0 bridgehead atoms. The fraction of sp³-hybridized carbons (Fsp3) is 0.478. The zero-order valence-electron chi connectivity index (χ0n) is 17.3. The van der Waals surface area contributed by atoms with Gasteiger partial charge in [0.25, 0.3) is 0 Å². The normalized spacial score (nSPS) is 21.4. The topological polar surface area (TPSA) is 70.1 Å². The van der Waals surface area contributed by atoms with Crippen molar-refractivity contribution in [3.8, 4) is 0 Å². The molecule has 3 heterocycles. The van der Waals surface area contributed by atoms with Gasteiger partial charge in [0.15, 0.2) is 0 Å². The first-order valence-corrected chi connectivity index (χ1v) is 11.4. The van der Waals surface area contributed by atoms with Gasteiger partial charge < -0.3 is 19.6 Å². The lowest BCUT2D eigenvalue weighted by Gasteiger charge is -2.37. The molecule has 2 aromatic rings. The predicted molar refractivity (Wildman–Crippen MR) is 116 cm³/mol. The molecule has 1 aromatic heterocycles. The zero-order chi connectivity index (χ0) is 21.1. The third-order valence-corrected chi connectivity index (χ3v) is 7.08. The number of ether oxygens (including phenoxy) is 1. The van der Waals surface area contributed by atoms with Crippen LogP contribution in [0.3, 0.4) is 0 Å². The van der Waals surface area contributed by atoms with Crippen molar-refractivity contribution < 1.29 is 19.4 Å². The van der Waals surface area contributed by atoms with Crippen molar-refractivity contribution in [1.82, 2.24) is 9.80 Å². The van der Waals surface area contributed by atoms with E-state index >= 15 is 0 Å². The number of amides is 2. The minimum atomic E-state index is -0.907. The molecule has 30 heavy (non-hydrogen) atoms. The third-order valence-electron chi connectivity index (χ3n) is 6.09. The smallest absolute Gasteiger partial charge is 0.407 e. The number of fused-ring (bicyclic) bond motifs is 1. The molecular formula is C23H28N2O4S. The highest BCUT2D eigenvalue weighted by Gasteiger charge is 2.33. The van der Waals surface area contributed by atoms with Crippen molar-refractivity contribution in [2.24, 2.45) is 0 Å². The highest BCUT2D eigenvalue weighted by Crippen LogP contribution is 2.37. The van der Waals surface area contributed by atoms with Crippen LogP contribution < -0.4 is 0 Å². The van der Waals surface area contributed by atoms with Crippen LogP contribution in [0.15, 0.2) is 35.7 Å². The number of rotatable bonds is 5. The molecule has 0 spiro atoms. The SMILES string of the molecule is Cc1ccc(C2c3ccsc3CCN2C(=O)COCC2CCCCN2C(=O)O)cc1. The molecule has 2 amide bonds. The van der Waals surface area contributed by atoms with Gasteiger partial charge in [0, 0.05) is 18.0 Å². The number of carboxylic acid groups (broad SMARTS) is 1. The van der Waals surface area contributed by atoms with E-state index in [1.54, 1.807) is 11.3 Å². The second-order valence-electron chi connectivity index (χ2n) is 8.09. The molecular weight excluding hydrogens is 400 g/mol. The maximum absolute atomic E-state index is 13.1. The Bertz CT molecular complexity index is 895. The first kappa shape index (κ1) is 20.9. The average Bonchev–Trinajstić information content (AvgIpc) is 3.23. The first-order valence-electron chi connectivity index (χ1n) is 10.5. The lowest BCUT2D eigenvalue weighted by Crippen LogP contribution is -2.46. The second-order valence-corrected chi connectivity index (χ2v) is 9.09. The lowest BCUT2D eigenvalue weighted by atomic mass is 9.92. The Morgan fingerprint density at radius 2 is 1.93 bits per heavy atom. The lowest BCUT2D eigenvalue weighted by molar-refractivity contribution is -0.138. The molecule has 0 saturated carbocycles. The number of carbonyl (C=O) groups is 2. The second kappa shape index (κ2) is 9.18. The Labute approximate surface area is 181 Å². The highest BCUT2D eigenvalue weighted by atomic mass is 32.1. The molecule has 0 aliphatic carbocycles. The number of benzene rings is 1. The van der Waals surface area contributed by atoms with Crippen molar-refractivity contribution >= 4 is 23.3 Å². The van der Waals surface area contributed by atoms with Crippen LogP contribution in [0.1, 0.15) is 46.9 Å². The van der Waals surface area contributed by atoms with Gasteiger partial charge in [-0.1, -0.05) is 29.8 Å². The standard InChI is InChI=1S/C23H28N2O4S/c1-16-5-7-17(8-6-16)22-19-10-13-30-20(19)9-12-25(22)21(26)15-29-14-18-4-2-3-11-24(18)23(27)28/h5-8,10,13,18,22H,2-4,9,11-12,14-15H2,1H3,(H,27,28). The summed E-state index contributed by atoms with van der Waals surface area (Å²) in [5.41, 5.74) is 3.50. The van der Waals surface area contributed by atoms with Crippen LogP contribution in [-0.2, 0) is 16.0 Å². The van der Waals surface area contributed by atoms with Crippen molar-refractivity contribution in [3.63, 3.8) is 0 Å². The number of hydrogen-bond donors (Lipinski definition) is 1. The fourth-order valence-electron chi connectivity index (χ4n) is 4.48. The van der Waals surface area contributed by atoms with E-state index in [0.29, 0.717) is 13.1 Å². The number of hydrogen-bond acceptors (Lipinski definition) is 4. The summed E-state index contributed by atoms with van der Waals surface area (Å²) in [7, 11) is 0. The summed E-state index contributed by atoms with van der Waals surface area (Å²) in [6.45, 7) is 3.51. The van der Waals surface area contributed by atoms with Gasteiger partial charge in [0.1, 0.15) is 6.61 Å². The van der Waals surface area contributed by atoms with E-state index in [4.69, 9.17) is 4.74 Å². The molecule has 7 heteroatoms. The van der Waals surface area contributed by atoms with E-state index in [0.717, 1.165) is 31.2 Å². The molecule has 6 nitrogen and oxygen atoms in total. The monoisotopic (exact) mass is 428 g/mol. The molecule has 2 aliphatic rings. The van der Waals surface area contributed by atoms with Crippen molar-refractivity contribution in [2.45, 2.75) is 44.7 Å². The summed E-state index contributed by atoms with van der Waals surface area (Å²) < 4.78 is 5.75. The summed E-state index contributed by atoms with van der Waals surface area (Å²) in [6.07, 6.45) is 2.62. The minimum absolute atomic E-state index is 0.0220. The van der Waals surface area contributed by atoms with E-state index in [9.17, 15) is 14.7 Å². The quantitative estimate of drug-likeness (QED) is 0.779. The molecule has 1 saturated heterocycles. The van der Waals surface area contributed by atoms with Crippen LogP contribution in [0, 0.1) is 6.92 Å². The molecule has 0 radical (unpaired) electrons. The summed E-state index contributed by atoms with van der Waals surface area (Å²) in [5.74, 6) is -0.0462. The molecule has 2 atom stereocenters. The van der Waals surface area contributed by atoms with Gasteiger partial charge in [-0.25, -0.2) is 4.79 Å². The summed E-state index contributed by atoms with van der Waals surface area (Å²) >= 11 is 1.75. The molecule has 4 rings (SSSR count). The predicted octanol–water partition coefficient (Wildman–Crippen LogP) is 4.08. The van der Waals surface area contributed by atoms with Crippen LogP contribution in [0.4, 0.5) is 4.79 Å². The van der Waals surface area contributed by atoms with Crippen LogP contribution in [0.5, 0.6) is 0 Å². The van der Waals surface area contributed by atoms with E-state index in [1.165, 1.54) is 20.9 Å². The van der Waals surface area contributed by atoms with Gasteiger partial charge in [-0.05, 0) is 55.2 Å². The Hall–Kier alpha value is -2.38. The maximum atomic E-state index is 13.1. The number of likely N-dealkylation sites (tertiary alicyclic amines) is 1. The number of carbonyl (C=O) groups excluding carboxylic acids is 1. The maximum Gasteiger partial charge on any atom is 0.407 e. The van der Waals surface area contributed by atoms with Gasteiger partial charge in [-0.3, -0.25) is 4.79 Å². The summed E-state index contributed by atoms with van der Waals surface area (Å²) in [4.78, 5) is 29.2. The molecule has 1 N–H and O–H groups in total. The molecule has 1 fully saturated rings. The van der Waals surface area contributed by atoms with Gasteiger partial charge in [-0.15, -0.1) is 11.3 Å². The van der Waals surface area contributed by atoms with Gasteiger partial charge in [-0.2, -0.15) is 0 Å². The Morgan fingerprint density at radius 3 is 2.70 bits per heavy atom. The van der Waals surface area contributed by atoms with Crippen LogP contribution >= 0.6 is 11.3 Å². The fourth-order valence-corrected chi connectivity index (χ4v) is 5.39. The van der Waals surface area contributed by atoms with E-state index < -0.39 is 6.09 Å². The Kier molecular flexibility index (Phi) is 6.39. The molecule has 2 aliphatic heterocycles. The minimum Gasteiger partial charge on any atom is -0.465 e. The third kappa shape index (κ3) is 4.37. The van der Waals surface area contributed by atoms with Crippen LogP contribution in [0.2, 0.25) is 0 Å². The van der Waals surface area contributed by atoms with Crippen molar-refractivity contribution in [1.29, 1.82) is 0 Å². The first-order chi connectivity index (χ1) is 14.5. The number of thiophene rings is 1. The molecule has 160 valence electrons. The van der Waals surface area contributed by atoms with Gasteiger partial charge in [0.2, 0.25) is 5.91 Å². The number of aryl methyl sites for hydroxylation is 1. The molecule has 2 unspecified atom stereocenters. The van der Waals surface area contributed by atoms with Crippen molar-refractivity contribution in [3.05, 3.63) is 57.3 Å². The van der Waals surface area contributed by atoms with E-state index in [1.807, 2.05) is 4.90 Å². The van der Waals surface area contributed by atoms with Gasteiger partial charge >= 0.3 is 6.09 Å². The number of piperidine rings is 1. The van der Waals surface area contributed by atoms with E-state index in [2.05, 4.69) is 42.6 Å². The highest BCUT2D eigenvalue weighted by molar-refractivity contribution is 7.10. The zero-order valence-corrected chi connectivity index (χ0v) is 18.1. The average molecular weight is 429 g/mol. The van der Waals surface area contributed by atoms with Crippen LogP contribution in [-0.4, -0.2) is 59.3 Å². The largest absolute Gasteiger partial charge is 0.465 e. The Morgan fingerprint density at radius 1 is 1.13 bits per heavy atom.